The van der Waals surface area contributed by atoms with Crippen molar-refractivity contribution in [2.24, 2.45) is 0 Å². The van der Waals surface area contributed by atoms with E-state index in [4.69, 9.17) is 4.74 Å². The molecule has 2 aromatic rings. The Kier molecular flexibility index (Phi) is 3.10. The quantitative estimate of drug-likeness (QED) is 0.909. The summed E-state index contributed by atoms with van der Waals surface area (Å²) in [5.41, 5.74) is 0.449. The molecule has 2 N–H and O–H groups in total. The van der Waals surface area contributed by atoms with Crippen LogP contribution in [0.5, 0.6) is 17.2 Å². The molecule has 0 aromatic heterocycles. The van der Waals surface area contributed by atoms with Crippen LogP contribution in [0.25, 0.3) is 6.08 Å². The molecule has 0 radical (unpaired) electrons. The van der Waals surface area contributed by atoms with E-state index in [2.05, 4.69) is 0 Å². The summed E-state index contributed by atoms with van der Waals surface area (Å²) >= 11 is 0. The van der Waals surface area contributed by atoms with Gasteiger partial charge in [0.2, 0.25) is 9.84 Å². The number of phenols is 2. The zero-order chi connectivity index (χ0) is 15.0. The van der Waals surface area contributed by atoms with Gasteiger partial charge in [0.15, 0.2) is 0 Å². The molecule has 108 valence electrons. The minimum absolute atomic E-state index is 0.0386. The van der Waals surface area contributed by atoms with Crippen LogP contribution in [-0.2, 0) is 9.84 Å². The monoisotopic (exact) mass is 304 g/mol. The Morgan fingerprint density at radius 3 is 2.52 bits per heavy atom. The van der Waals surface area contributed by atoms with Gasteiger partial charge < -0.3 is 14.9 Å². The van der Waals surface area contributed by atoms with Gasteiger partial charge in [0.05, 0.1) is 4.91 Å². The van der Waals surface area contributed by atoms with E-state index in [0.29, 0.717) is 11.3 Å². The van der Waals surface area contributed by atoms with Gasteiger partial charge in [0.1, 0.15) is 28.8 Å². The summed E-state index contributed by atoms with van der Waals surface area (Å²) in [6.07, 6.45) is 1.48. The maximum atomic E-state index is 12.3. The molecule has 0 aliphatic carbocycles. The van der Waals surface area contributed by atoms with Gasteiger partial charge in [-0.3, -0.25) is 0 Å². The summed E-state index contributed by atoms with van der Waals surface area (Å²) in [6, 6.07) is 10.6. The molecule has 0 fully saturated rings. The van der Waals surface area contributed by atoms with Crippen molar-refractivity contribution in [3.05, 3.63) is 52.9 Å². The van der Waals surface area contributed by atoms with Crippen molar-refractivity contribution >= 4 is 15.9 Å². The predicted octanol–water partition coefficient (Wildman–Crippen LogP) is 2.31. The third kappa shape index (κ3) is 2.34. The number of fused-ring (bicyclic) bond motifs is 1. The summed E-state index contributed by atoms with van der Waals surface area (Å²) < 4.78 is 30.1. The van der Waals surface area contributed by atoms with Crippen LogP contribution in [0, 0.1) is 0 Å². The molecule has 0 unspecified atom stereocenters. The first-order valence-corrected chi connectivity index (χ1v) is 7.66. The van der Waals surface area contributed by atoms with E-state index >= 15 is 0 Å². The van der Waals surface area contributed by atoms with E-state index in [1.54, 1.807) is 24.3 Å². The average molecular weight is 304 g/mol. The first-order valence-electron chi connectivity index (χ1n) is 6.18. The standard InChI is InChI=1S/C15H12O5S/c16-11-4-2-5-12(8-11)20-9-13-7-10-3-1-6-14(17)15(10)21(13,18)19/h1-8,16-17H,9H2. The van der Waals surface area contributed by atoms with E-state index in [1.807, 2.05) is 0 Å². The van der Waals surface area contributed by atoms with Gasteiger partial charge in [-0.25, -0.2) is 8.42 Å². The molecule has 0 amide bonds. The minimum Gasteiger partial charge on any atom is -0.508 e. The van der Waals surface area contributed by atoms with Gasteiger partial charge in [-0.2, -0.15) is 0 Å². The molecule has 6 heteroatoms. The normalized spacial score (nSPS) is 15.3. The molecule has 0 spiro atoms. The number of hydrogen-bond acceptors (Lipinski definition) is 5. The lowest BCUT2D eigenvalue weighted by Gasteiger charge is -2.08. The largest absolute Gasteiger partial charge is 0.508 e. The van der Waals surface area contributed by atoms with Gasteiger partial charge >= 0.3 is 0 Å². The van der Waals surface area contributed by atoms with E-state index in [1.165, 1.54) is 24.3 Å². The highest BCUT2D eigenvalue weighted by Gasteiger charge is 2.32. The Bertz CT molecular complexity index is 837. The van der Waals surface area contributed by atoms with E-state index in [9.17, 15) is 18.6 Å². The predicted molar refractivity (Wildman–Crippen MR) is 76.9 cm³/mol. The van der Waals surface area contributed by atoms with Gasteiger partial charge in [-0.1, -0.05) is 18.2 Å². The number of sulfone groups is 1. The van der Waals surface area contributed by atoms with Crippen LogP contribution < -0.4 is 4.74 Å². The zero-order valence-electron chi connectivity index (χ0n) is 10.9. The van der Waals surface area contributed by atoms with Crippen LogP contribution >= 0.6 is 0 Å². The number of aromatic hydroxyl groups is 2. The summed E-state index contributed by atoms with van der Waals surface area (Å²) in [7, 11) is -3.73. The average Bonchev–Trinajstić information content (AvgIpc) is 2.69. The third-order valence-corrected chi connectivity index (χ3v) is 5.06. The second-order valence-electron chi connectivity index (χ2n) is 4.60. The van der Waals surface area contributed by atoms with Crippen LogP contribution in [0.1, 0.15) is 5.56 Å². The molecule has 1 aliphatic heterocycles. The van der Waals surface area contributed by atoms with Crippen LogP contribution in [0.15, 0.2) is 52.3 Å². The topological polar surface area (TPSA) is 83.8 Å². The van der Waals surface area contributed by atoms with Gasteiger partial charge in [-0.15, -0.1) is 0 Å². The number of ether oxygens (including phenoxy) is 1. The molecule has 1 aliphatic rings. The second-order valence-corrected chi connectivity index (χ2v) is 6.54. The second kappa shape index (κ2) is 4.82. The lowest BCUT2D eigenvalue weighted by atomic mass is 10.2. The molecular weight excluding hydrogens is 292 g/mol. The summed E-state index contributed by atoms with van der Waals surface area (Å²) in [4.78, 5) is -0.0122. The lowest BCUT2D eigenvalue weighted by molar-refractivity contribution is 0.356. The highest BCUT2D eigenvalue weighted by Crippen LogP contribution is 2.38. The fourth-order valence-corrected chi connectivity index (χ4v) is 3.72. The fourth-order valence-electron chi connectivity index (χ4n) is 2.18. The van der Waals surface area contributed by atoms with E-state index in [0.717, 1.165) is 0 Å². The third-order valence-electron chi connectivity index (χ3n) is 3.15. The number of phenolic OH excluding ortho intramolecular Hbond substituents is 2. The molecule has 0 saturated carbocycles. The van der Waals surface area contributed by atoms with Crippen molar-refractivity contribution in [2.75, 3.05) is 6.61 Å². The van der Waals surface area contributed by atoms with Crippen LogP contribution in [0.2, 0.25) is 0 Å². The fraction of sp³-hybridized carbons (Fsp3) is 0.0667. The smallest absolute Gasteiger partial charge is 0.210 e. The number of hydrogen-bond donors (Lipinski definition) is 2. The summed E-state index contributed by atoms with van der Waals surface area (Å²) in [6.45, 7) is -0.167. The highest BCUT2D eigenvalue weighted by atomic mass is 32.2. The zero-order valence-corrected chi connectivity index (χ0v) is 11.7. The van der Waals surface area contributed by atoms with Crippen molar-refractivity contribution in [3.63, 3.8) is 0 Å². The molecule has 5 nitrogen and oxygen atoms in total. The van der Waals surface area contributed by atoms with Crippen molar-refractivity contribution in [1.82, 2.24) is 0 Å². The maximum Gasteiger partial charge on any atom is 0.210 e. The Morgan fingerprint density at radius 1 is 1.05 bits per heavy atom. The first-order chi connectivity index (χ1) is 9.98. The van der Waals surface area contributed by atoms with Crippen LogP contribution in [-0.4, -0.2) is 25.2 Å². The number of rotatable bonds is 3. The van der Waals surface area contributed by atoms with Gasteiger partial charge in [0, 0.05) is 6.07 Å². The summed E-state index contributed by atoms with van der Waals surface area (Å²) in [5.74, 6) is 0.138. The molecule has 0 bridgehead atoms. The van der Waals surface area contributed by atoms with Crippen molar-refractivity contribution in [1.29, 1.82) is 0 Å². The van der Waals surface area contributed by atoms with E-state index in [-0.39, 0.29) is 27.9 Å². The molecule has 3 rings (SSSR count). The Hall–Kier alpha value is -2.47. The Morgan fingerprint density at radius 2 is 1.81 bits per heavy atom. The molecule has 2 aromatic carbocycles. The minimum atomic E-state index is -3.73. The first kappa shape index (κ1) is 13.5. The molecule has 21 heavy (non-hydrogen) atoms. The molecule has 1 heterocycles. The van der Waals surface area contributed by atoms with Crippen molar-refractivity contribution in [3.8, 4) is 17.2 Å². The molecular formula is C15H12O5S. The van der Waals surface area contributed by atoms with Crippen LogP contribution in [0.4, 0.5) is 0 Å². The van der Waals surface area contributed by atoms with Crippen molar-refractivity contribution in [2.45, 2.75) is 4.90 Å². The molecule has 0 saturated heterocycles. The van der Waals surface area contributed by atoms with Gasteiger partial charge in [0.25, 0.3) is 0 Å². The highest BCUT2D eigenvalue weighted by molar-refractivity contribution is 7.96. The maximum absolute atomic E-state index is 12.3. The number of benzene rings is 2. The van der Waals surface area contributed by atoms with Crippen molar-refractivity contribution < 1.29 is 23.4 Å². The van der Waals surface area contributed by atoms with Crippen LogP contribution in [0.3, 0.4) is 0 Å². The van der Waals surface area contributed by atoms with E-state index < -0.39 is 9.84 Å². The SMILES string of the molecule is O=S1(=O)C(COc2cccc(O)c2)=Cc2cccc(O)c21. The van der Waals surface area contributed by atoms with Gasteiger partial charge in [-0.05, 0) is 29.8 Å². The Balaban J connectivity index is 1.87. The lowest BCUT2D eigenvalue weighted by Crippen LogP contribution is -2.09. The molecule has 0 atom stereocenters. The summed E-state index contributed by atoms with van der Waals surface area (Å²) in [5, 5.41) is 19.1. The Labute approximate surface area is 121 Å².